The van der Waals surface area contributed by atoms with E-state index in [-0.39, 0.29) is 23.9 Å². The van der Waals surface area contributed by atoms with Gasteiger partial charge in [-0.15, -0.1) is 12.4 Å². The number of hydrogen-bond donors (Lipinski definition) is 1. The molecule has 0 amide bonds. The van der Waals surface area contributed by atoms with E-state index in [1.165, 1.54) is 0 Å². The minimum absolute atomic E-state index is 0. The molecule has 1 aliphatic heterocycles. The van der Waals surface area contributed by atoms with Crippen LogP contribution in [0.5, 0.6) is 0 Å². The lowest BCUT2D eigenvalue weighted by molar-refractivity contribution is -0.0262. The Morgan fingerprint density at radius 3 is 2.30 bits per heavy atom. The Morgan fingerprint density at radius 1 is 0.919 bits per heavy atom. The second-order valence-electron chi connectivity index (χ2n) is 9.77. The molecule has 7 heteroatoms. The first kappa shape index (κ1) is 27.7. The van der Waals surface area contributed by atoms with E-state index >= 15 is 0 Å². The van der Waals surface area contributed by atoms with Crippen LogP contribution in [-0.2, 0) is 12.6 Å². The van der Waals surface area contributed by atoms with E-state index in [0.717, 1.165) is 48.3 Å². The topological polar surface area (TPSA) is 45.5 Å². The summed E-state index contributed by atoms with van der Waals surface area (Å²) < 4.78 is 1.76. The van der Waals surface area contributed by atoms with Crippen LogP contribution in [0.15, 0.2) is 83.7 Å². The van der Waals surface area contributed by atoms with E-state index in [4.69, 9.17) is 23.2 Å². The van der Waals surface area contributed by atoms with Crippen LogP contribution < -0.4 is 5.56 Å². The van der Waals surface area contributed by atoms with Crippen LogP contribution >= 0.6 is 35.6 Å². The second-order valence-corrected chi connectivity index (χ2v) is 10.6. The minimum Gasteiger partial charge on any atom is -0.385 e. The molecule has 1 atom stereocenters. The van der Waals surface area contributed by atoms with Gasteiger partial charge in [0.2, 0.25) is 0 Å². The number of fused-ring (bicyclic) bond motifs is 1. The standard InChI is InChI=1S/C30H30Cl2N2O2.ClH/c1-33-28(20-21-7-5-6-10-25(21)29(33)35)24(22-11-12-26(31)27(32)19-22)13-16-34-17-14-30(36,15-18-34)23-8-3-2-4-9-23;/h2-12,19-20,24,36H,13-18H2,1H3;1H/t24-;/m1./s1. The number of hydrogen-bond acceptors (Lipinski definition) is 3. The van der Waals surface area contributed by atoms with E-state index in [1.54, 1.807) is 4.57 Å². The first-order valence-electron chi connectivity index (χ1n) is 12.4. The van der Waals surface area contributed by atoms with E-state index < -0.39 is 5.60 Å². The molecule has 1 aliphatic rings. The fourth-order valence-electron chi connectivity index (χ4n) is 5.42. The largest absolute Gasteiger partial charge is 0.385 e. The molecule has 1 aromatic heterocycles. The van der Waals surface area contributed by atoms with E-state index in [0.29, 0.717) is 28.3 Å². The average Bonchev–Trinajstić information content (AvgIpc) is 2.90. The third kappa shape index (κ3) is 5.74. The quantitative estimate of drug-likeness (QED) is 0.284. The van der Waals surface area contributed by atoms with E-state index in [2.05, 4.69) is 11.0 Å². The molecule has 0 bridgehead atoms. The van der Waals surface area contributed by atoms with Crippen LogP contribution in [0.2, 0.25) is 10.0 Å². The highest BCUT2D eigenvalue weighted by Crippen LogP contribution is 2.35. The molecule has 0 spiro atoms. The molecule has 0 unspecified atom stereocenters. The van der Waals surface area contributed by atoms with Crippen molar-refractivity contribution >= 4 is 46.4 Å². The highest BCUT2D eigenvalue weighted by atomic mass is 35.5. The number of pyridine rings is 1. The van der Waals surface area contributed by atoms with Gasteiger partial charge in [0.1, 0.15) is 0 Å². The Kier molecular flexibility index (Phi) is 8.67. The predicted octanol–water partition coefficient (Wildman–Crippen LogP) is 6.77. The molecule has 194 valence electrons. The van der Waals surface area contributed by atoms with Crippen LogP contribution in [0, 0.1) is 0 Å². The van der Waals surface area contributed by atoms with Crippen LogP contribution in [0.25, 0.3) is 10.8 Å². The van der Waals surface area contributed by atoms with Gasteiger partial charge >= 0.3 is 0 Å². The van der Waals surface area contributed by atoms with Crippen molar-refractivity contribution in [1.82, 2.24) is 9.47 Å². The van der Waals surface area contributed by atoms with Crippen LogP contribution in [0.1, 0.15) is 42.0 Å². The predicted molar refractivity (Wildman–Crippen MR) is 155 cm³/mol. The smallest absolute Gasteiger partial charge is 0.258 e. The molecule has 1 N–H and O–H groups in total. The van der Waals surface area contributed by atoms with Gasteiger partial charge in [-0.25, -0.2) is 0 Å². The highest BCUT2D eigenvalue weighted by molar-refractivity contribution is 6.42. The Morgan fingerprint density at radius 2 is 1.59 bits per heavy atom. The molecule has 0 saturated carbocycles. The second kappa shape index (κ2) is 11.6. The van der Waals surface area contributed by atoms with Gasteiger partial charge in [-0.2, -0.15) is 0 Å². The first-order valence-corrected chi connectivity index (χ1v) is 13.2. The number of halogens is 3. The van der Waals surface area contributed by atoms with Gasteiger partial charge < -0.3 is 14.6 Å². The van der Waals surface area contributed by atoms with Crippen molar-refractivity contribution in [2.45, 2.75) is 30.8 Å². The molecule has 5 rings (SSSR count). The van der Waals surface area contributed by atoms with Gasteiger partial charge in [-0.3, -0.25) is 4.79 Å². The summed E-state index contributed by atoms with van der Waals surface area (Å²) in [6, 6.07) is 25.5. The Bertz CT molecular complexity index is 1430. The van der Waals surface area contributed by atoms with Crippen molar-refractivity contribution in [1.29, 1.82) is 0 Å². The number of aromatic nitrogens is 1. The zero-order valence-electron chi connectivity index (χ0n) is 20.7. The van der Waals surface area contributed by atoms with Crippen molar-refractivity contribution in [3.63, 3.8) is 0 Å². The zero-order valence-corrected chi connectivity index (χ0v) is 23.1. The maximum absolute atomic E-state index is 13.2. The van der Waals surface area contributed by atoms with Gasteiger partial charge in [0.25, 0.3) is 5.56 Å². The normalized spacial score (nSPS) is 16.3. The van der Waals surface area contributed by atoms with Gasteiger partial charge in [0.15, 0.2) is 0 Å². The number of aliphatic hydroxyl groups is 1. The third-order valence-corrected chi connectivity index (χ3v) is 8.36. The van der Waals surface area contributed by atoms with Gasteiger partial charge in [0, 0.05) is 37.1 Å². The summed E-state index contributed by atoms with van der Waals surface area (Å²) in [5.41, 5.74) is 2.20. The van der Waals surface area contributed by atoms with Crippen molar-refractivity contribution in [3.05, 3.63) is 116 Å². The molecule has 3 aromatic carbocycles. The molecule has 0 aliphatic carbocycles. The van der Waals surface area contributed by atoms with Crippen molar-refractivity contribution in [3.8, 4) is 0 Å². The first-order chi connectivity index (χ1) is 17.4. The number of likely N-dealkylation sites (tertiary alicyclic amines) is 1. The maximum Gasteiger partial charge on any atom is 0.258 e. The summed E-state index contributed by atoms with van der Waals surface area (Å²) in [6.07, 6.45) is 2.21. The molecular weight excluding hydrogens is 527 g/mol. The van der Waals surface area contributed by atoms with E-state index in [1.807, 2.05) is 79.8 Å². The number of rotatable bonds is 6. The summed E-state index contributed by atoms with van der Waals surface area (Å²) in [5, 5.41) is 13.9. The van der Waals surface area contributed by atoms with Crippen LogP contribution in [0.4, 0.5) is 0 Å². The summed E-state index contributed by atoms with van der Waals surface area (Å²) in [7, 11) is 1.84. The number of nitrogens with zero attached hydrogens (tertiary/aromatic N) is 2. The van der Waals surface area contributed by atoms with Crippen LogP contribution in [-0.4, -0.2) is 34.2 Å². The lowest BCUT2D eigenvalue weighted by Gasteiger charge is -2.39. The zero-order chi connectivity index (χ0) is 25.3. The molecule has 0 radical (unpaired) electrons. The average molecular weight is 558 g/mol. The fourth-order valence-corrected chi connectivity index (χ4v) is 5.72. The Balaban J connectivity index is 0.00000320. The minimum atomic E-state index is -0.775. The maximum atomic E-state index is 13.2. The molecule has 4 nitrogen and oxygen atoms in total. The molecule has 37 heavy (non-hydrogen) atoms. The monoisotopic (exact) mass is 556 g/mol. The SMILES string of the molecule is Cl.Cn1c([C@H](CCN2CCC(O)(c3ccccc3)CC2)c2ccc(Cl)c(Cl)c2)cc2ccccc2c1=O. The summed E-state index contributed by atoms with van der Waals surface area (Å²) in [4.78, 5) is 15.6. The summed E-state index contributed by atoms with van der Waals surface area (Å²) >= 11 is 12.6. The van der Waals surface area contributed by atoms with Gasteiger partial charge in [-0.05, 0) is 66.6 Å². The highest BCUT2D eigenvalue weighted by Gasteiger charge is 2.34. The number of piperidine rings is 1. The van der Waals surface area contributed by atoms with Crippen molar-refractivity contribution in [2.75, 3.05) is 19.6 Å². The van der Waals surface area contributed by atoms with Crippen molar-refractivity contribution in [2.24, 2.45) is 7.05 Å². The Labute approximate surface area is 233 Å². The van der Waals surface area contributed by atoms with E-state index in [9.17, 15) is 9.90 Å². The van der Waals surface area contributed by atoms with Crippen molar-refractivity contribution < 1.29 is 5.11 Å². The Hall–Kier alpha value is -2.34. The molecular formula is C30H31Cl3N2O2. The fraction of sp³-hybridized carbons (Fsp3) is 0.300. The molecule has 4 aromatic rings. The summed E-state index contributed by atoms with van der Waals surface area (Å²) in [5.74, 6) is -0.0305. The molecule has 1 fully saturated rings. The number of benzene rings is 3. The lowest BCUT2D eigenvalue weighted by Crippen LogP contribution is -2.43. The lowest BCUT2D eigenvalue weighted by atomic mass is 9.84. The molecule has 1 saturated heterocycles. The molecule has 2 heterocycles. The summed E-state index contributed by atoms with van der Waals surface area (Å²) in [6.45, 7) is 2.48. The van der Waals surface area contributed by atoms with Crippen LogP contribution in [0.3, 0.4) is 0 Å². The third-order valence-electron chi connectivity index (χ3n) is 7.62. The van der Waals surface area contributed by atoms with Gasteiger partial charge in [-0.1, -0.05) is 77.8 Å². The van der Waals surface area contributed by atoms with Gasteiger partial charge in [0.05, 0.1) is 15.6 Å².